The molecular formula is C26H32N2O5. The largest absolute Gasteiger partial charge is 0.497 e. The van der Waals surface area contributed by atoms with Crippen molar-refractivity contribution in [1.29, 1.82) is 0 Å². The number of benzene rings is 2. The molecule has 1 N–H and O–H groups in total. The molecule has 2 aromatic rings. The predicted octanol–water partition coefficient (Wildman–Crippen LogP) is 4.15. The highest BCUT2D eigenvalue weighted by Gasteiger charge is 2.42. The third-order valence-corrected chi connectivity index (χ3v) is 6.66. The van der Waals surface area contributed by atoms with Crippen LogP contribution in [0.4, 0.5) is 11.4 Å². The van der Waals surface area contributed by atoms with E-state index in [4.69, 9.17) is 14.2 Å². The van der Waals surface area contributed by atoms with E-state index in [-0.39, 0.29) is 18.4 Å². The van der Waals surface area contributed by atoms with Crippen LogP contribution in [-0.2, 0) is 19.7 Å². The lowest BCUT2D eigenvalue weighted by atomic mass is 9.73. The Balaban J connectivity index is 1.63. The maximum Gasteiger partial charge on any atom is 0.236 e. The maximum absolute atomic E-state index is 13.7. The highest BCUT2D eigenvalue weighted by molar-refractivity contribution is 6.02. The fourth-order valence-electron chi connectivity index (χ4n) is 4.57. The van der Waals surface area contributed by atoms with Crippen molar-refractivity contribution < 1.29 is 23.8 Å². The van der Waals surface area contributed by atoms with Gasteiger partial charge in [-0.05, 0) is 63.4 Å². The zero-order chi connectivity index (χ0) is 23.6. The zero-order valence-corrected chi connectivity index (χ0v) is 19.8. The van der Waals surface area contributed by atoms with Crippen LogP contribution in [0.25, 0.3) is 0 Å². The molecule has 2 aromatic carbocycles. The summed E-state index contributed by atoms with van der Waals surface area (Å²) >= 11 is 0. The summed E-state index contributed by atoms with van der Waals surface area (Å²) < 4.78 is 16.9. The Morgan fingerprint density at radius 3 is 2.45 bits per heavy atom. The molecule has 0 atom stereocenters. The van der Waals surface area contributed by atoms with E-state index < -0.39 is 10.8 Å². The summed E-state index contributed by atoms with van der Waals surface area (Å²) in [6.45, 7) is 7.59. The third kappa shape index (κ3) is 4.29. The topological polar surface area (TPSA) is 77.1 Å². The summed E-state index contributed by atoms with van der Waals surface area (Å²) in [6, 6.07) is 13.2. The SMILES string of the molecule is CCN1C(=O)C(C)(C)COc2cc(NC(=O)C3(c4ccc(OC)cc4)CCOCC3)ccc21. The van der Waals surface area contributed by atoms with Crippen molar-refractivity contribution in [3.8, 4) is 11.5 Å². The lowest BCUT2D eigenvalue weighted by Gasteiger charge is -2.36. The summed E-state index contributed by atoms with van der Waals surface area (Å²) in [6.07, 6.45) is 1.19. The number of anilines is 2. The van der Waals surface area contributed by atoms with Gasteiger partial charge in [-0.25, -0.2) is 0 Å². The predicted molar refractivity (Wildman–Crippen MR) is 127 cm³/mol. The van der Waals surface area contributed by atoms with Crippen LogP contribution < -0.4 is 19.7 Å². The molecule has 2 aliphatic heterocycles. The van der Waals surface area contributed by atoms with Crippen LogP contribution >= 0.6 is 0 Å². The van der Waals surface area contributed by atoms with E-state index in [0.29, 0.717) is 44.0 Å². The Morgan fingerprint density at radius 1 is 1.12 bits per heavy atom. The van der Waals surface area contributed by atoms with Gasteiger partial charge in [-0.3, -0.25) is 9.59 Å². The molecule has 2 heterocycles. The highest BCUT2D eigenvalue weighted by atomic mass is 16.5. The second kappa shape index (κ2) is 9.06. The van der Waals surface area contributed by atoms with Gasteiger partial charge in [0.2, 0.25) is 11.8 Å². The first-order valence-corrected chi connectivity index (χ1v) is 11.4. The number of carbonyl (C=O) groups is 2. The molecule has 0 aromatic heterocycles. The van der Waals surface area contributed by atoms with E-state index in [9.17, 15) is 9.59 Å². The molecule has 1 fully saturated rings. The van der Waals surface area contributed by atoms with Gasteiger partial charge in [0, 0.05) is 31.5 Å². The average molecular weight is 453 g/mol. The molecular weight excluding hydrogens is 420 g/mol. The Labute approximate surface area is 195 Å². The molecule has 0 bridgehead atoms. The van der Waals surface area contributed by atoms with E-state index >= 15 is 0 Å². The Hall–Kier alpha value is -3.06. The number of hydrogen-bond acceptors (Lipinski definition) is 5. The van der Waals surface area contributed by atoms with Gasteiger partial charge in [0.1, 0.15) is 18.1 Å². The minimum absolute atomic E-state index is 0.0289. The number of methoxy groups -OCH3 is 1. The normalized spacial score (nSPS) is 19.2. The van der Waals surface area contributed by atoms with Crippen molar-refractivity contribution in [3.63, 3.8) is 0 Å². The summed E-state index contributed by atoms with van der Waals surface area (Å²) in [5.41, 5.74) is 0.993. The average Bonchev–Trinajstić information content (AvgIpc) is 2.93. The second-order valence-corrected chi connectivity index (χ2v) is 9.28. The first kappa shape index (κ1) is 23.1. The Morgan fingerprint density at radius 2 is 1.82 bits per heavy atom. The summed E-state index contributed by atoms with van der Waals surface area (Å²) in [5.74, 6) is 1.30. The van der Waals surface area contributed by atoms with Gasteiger partial charge in [0.25, 0.3) is 0 Å². The quantitative estimate of drug-likeness (QED) is 0.737. The van der Waals surface area contributed by atoms with Crippen molar-refractivity contribution >= 4 is 23.2 Å². The molecule has 0 unspecified atom stereocenters. The molecule has 2 amide bonds. The Bertz CT molecular complexity index is 1030. The third-order valence-electron chi connectivity index (χ3n) is 6.66. The number of nitrogens with zero attached hydrogens (tertiary/aromatic N) is 1. The molecule has 7 nitrogen and oxygen atoms in total. The summed E-state index contributed by atoms with van der Waals surface area (Å²) in [5, 5.41) is 3.11. The fourth-order valence-corrected chi connectivity index (χ4v) is 4.57. The number of fused-ring (bicyclic) bond motifs is 1. The number of rotatable bonds is 5. The lowest BCUT2D eigenvalue weighted by molar-refractivity contribution is -0.127. The van der Waals surface area contributed by atoms with Crippen molar-refractivity contribution in [2.45, 2.75) is 39.0 Å². The number of nitrogens with one attached hydrogen (secondary N) is 1. The second-order valence-electron chi connectivity index (χ2n) is 9.28. The van der Waals surface area contributed by atoms with Gasteiger partial charge in [0.15, 0.2) is 0 Å². The van der Waals surface area contributed by atoms with Crippen LogP contribution in [0.15, 0.2) is 42.5 Å². The minimum Gasteiger partial charge on any atom is -0.497 e. The van der Waals surface area contributed by atoms with Gasteiger partial charge >= 0.3 is 0 Å². The minimum atomic E-state index is -0.689. The molecule has 0 aliphatic carbocycles. The van der Waals surface area contributed by atoms with Crippen molar-refractivity contribution in [3.05, 3.63) is 48.0 Å². The molecule has 7 heteroatoms. The van der Waals surface area contributed by atoms with E-state index in [0.717, 1.165) is 17.0 Å². The maximum atomic E-state index is 13.7. The highest BCUT2D eigenvalue weighted by Crippen LogP contribution is 2.40. The van der Waals surface area contributed by atoms with Gasteiger partial charge < -0.3 is 24.4 Å². The molecule has 0 spiro atoms. The number of hydrogen-bond donors (Lipinski definition) is 1. The van der Waals surface area contributed by atoms with Crippen LogP contribution in [0.2, 0.25) is 0 Å². The monoisotopic (exact) mass is 452 g/mol. The van der Waals surface area contributed by atoms with Crippen LogP contribution in [0.5, 0.6) is 11.5 Å². The van der Waals surface area contributed by atoms with Gasteiger partial charge in [0.05, 0.1) is 23.6 Å². The molecule has 2 aliphatic rings. The zero-order valence-electron chi connectivity index (χ0n) is 19.8. The summed E-state index contributed by atoms with van der Waals surface area (Å²) in [7, 11) is 1.63. The van der Waals surface area contributed by atoms with E-state index in [1.165, 1.54) is 0 Å². The van der Waals surface area contributed by atoms with Gasteiger partial charge in [-0.2, -0.15) is 0 Å². The smallest absolute Gasteiger partial charge is 0.236 e. The molecule has 0 radical (unpaired) electrons. The first-order valence-electron chi connectivity index (χ1n) is 11.4. The van der Waals surface area contributed by atoms with Crippen LogP contribution in [0, 0.1) is 5.41 Å². The van der Waals surface area contributed by atoms with Gasteiger partial charge in [-0.1, -0.05) is 12.1 Å². The van der Waals surface area contributed by atoms with E-state index in [1.807, 2.05) is 63.2 Å². The van der Waals surface area contributed by atoms with Crippen LogP contribution in [0.1, 0.15) is 39.2 Å². The van der Waals surface area contributed by atoms with Crippen LogP contribution in [-0.4, -0.2) is 45.3 Å². The molecule has 1 saturated heterocycles. The van der Waals surface area contributed by atoms with E-state index in [1.54, 1.807) is 12.0 Å². The molecule has 0 saturated carbocycles. The molecule has 4 rings (SSSR count). The Kier molecular flexibility index (Phi) is 6.34. The fraction of sp³-hybridized carbons (Fsp3) is 0.462. The number of carbonyl (C=O) groups excluding carboxylic acids is 2. The molecule has 176 valence electrons. The summed E-state index contributed by atoms with van der Waals surface area (Å²) in [4.78, 5) is 28.3. The van der Waals surface area contributed by atoms with Gasteiger partial charge in [-0.15, -0.1) is 0 Å². The standard InChI is InChI=1S/C26H32N2O5/c1-5-28-21-11-8-19(16-22(21)33-17-25(2,3)24(28)30)27-23(29)26(12-14-32-15-13-26)18-6-9-20(31-4)10-7-18/h6-11,16H,5,12-15,17H2,1-4H3,(H,27,29). The number of ether oxygens (including phenoxy) is 3. The number of amides is 2. The lowest BCUT2D eigenvalue weighted by Crippen LogP contribution is -2.44. The van der Waals surface area contributed by atoms with Crippen molar-refractivity contribution in [2.24, 2.45) is 5.41 Å². The van der Waals surface area contributed by atoms with Crippen molar-refractivity contribution in [1.82, 2.24) is 0 Å². The van der Waals surface area contributed by atoms with Crippen LogP contribution in [0.3, 0.4) is 0 Å². The van der Waals surface area contributed by atoms with Crippen molar-refractivity contribution in [2.75, 3.05) is 43.7 Å². The van der Waals surface area contributed by atoms with E-state index in [2.05, 4.69) is 5.32 Å². The first-order chi connectivity index (χ1) is 15.8. The molecule has 33 heavy (non-hydrogen) atoms.